The smallest absolute Gasteiger partial charge is 0.128 e. The summed E-state index contributed by atoms with van der Waals surface area (Å²) in [5, 5.41) is 4.14. The standard InChI is InChI=1S/C15H26ClN3/c1-11(2)10-19(6)14-8-7-12(16)13(18-14)9-17-15(3,4)5/h7-8,11,17H,9-10H2,1-6H3. The zero-order valence-electron chi connectivity index (χ0n) is 12.9. The van der Waals surface area contributed by atoms with Gasteiger partial charge in [-0.15, -0.1) is 0 Å². The monoisotopic (exact) mass is 283 g/mol. The van der Waals surface area contributed by atoms with E-state index in [1.807, 2.05) is 12.1 Å². The third-order valence-corrected chi connectivity index (χ3v) is 3.06. The minimum absolute atomic E-state index is 0.0604. The van der Waals surface area contributed by atoms with Crippen LogP contribution in [0.4, 0.5) is 5.82 Å². The summed E-state index contributed by atoms with van der Waals surface area (Å²) >= 11 is 6.21. The van der Waals surface area contributed by atoms with Crippen molar-refractivity contribution in [2.24, 2.45) is 5.92 Å². The molecule has 0 unspecified atom stereocenters. The van der Waals surface area contributed by atoms with Crippen molar-refractivity contribution in [3.05, 3.63) is 22.8 Å². The number of aromatic nitrogens is 1. The second kappa shape index (κ2) is 6.58. The molecule has 0 aliphatic carbocycles. The van der Waals surface area contributed by atoms with Gasteiger partial charge in [0.1, 0.15) is 5.82 Å². The Hall–Kier alpha value is -0.800. The van der Waals surface area contributed by atoms with Gasteiger partial charge in [0.05, 0.1) is 10.7 Å². The van der Waals surface area contributed by atoms with Gasteiger partial charge >= 0.3 is 0 Å². The lowest BCUT2D eigenvalue weighted by Gasteiger charge is -2.23. The van der Waals surface area contributed by atoms with E-state index in [0.717, 1.165) is 23.1 Å². The maximum Gasteiger partial charge on any atom is 0.128 e. The molecule has 0 bridgehead atoms. The Balaban J connectivity index is 2.82. The Bertz CT molecular complexity index is 410. The number of hydrogen-bond acceptors (Lipinski definition) is 3. The van der Waals surface area contributed by atoms with E-state index >= 15 is 0 Å². The van der Waals surface area contributed by atoms with E-state index in [4.69, 9.17) is 11.6 Å². The number of pyridine rings is 1. The molecular weight excluding hydrogens is 258 g/mol. The average molecular weight is 284 g/mol. The van der Waals surface area contributed by atoms with E-state index in [1.165, 1.54) is 0 Å². The third-order valence-electron chi connectivity index (χ3n) is 2.72. The first-order valence-electron chi connectivity index (χ1n) is 6.80. The molecule has 1 aromatic heterocycles. The van der Waals surface area contributed by atoms with Crippen molar-refractivity contribution in [2.45, 2.75) is 46.7 Å². The summed E-state index contributed by atoms with van der Waals surface area (Å²) < 4.78 is 0. The molecule has 0 spiro atoms. The van der Waals surface area contributed by atoms with Crippen LogP contribution in [0.3, 0.4) is 0 Å². The molecule has 1 rings (SSSR count). The summed E-state index contributed by atoms with van der Waals surface area (Å²) in [7, 11) is 2.07. The van der Waals surface area contributed by atoms with Gasteiger partial charge in [0.15, 0.2) is 0 Å². The van der Waals surface area contributed by atoms with Crippen LogP contribution >= 0.6 is 11.6 Å². The lowest BCUT2D eigenvalue weighted by atomic mass is 10.1. The van der Waals surface area contributed by atoms with Gasteiger partial charge in [0.2, 0.25) is 0 Å². The molecule has 0 radical (unpaired) electrons. The maximum atomic E-state index is 6.21. The first-order chi connectivity index (χ1) is 8.69. The molecule has 0 aliphatic heterocycles. The van der Waals surface area contributed by atoms with Crippen LogP contribution < -0.4 is 10.2 Å². The lowest BCUT2D eigenvalue weighted by Crippen LogP contribution is -2.35. The highest BCUT2D eigenvalue weighted by Gasteiger charge is 2.12. The Morgan fingerprint density at radius 2 is 1.95 bits per heavy atom. The molecule has 0 aromatic carbocycles. The first kappa shape index (κ1) is 16.3. The van der Waals surface area contributed by atoms with E-state index in [2.05, 4.69) is 56.9 Å². The van der Waals surface area contributed by atoms with Crippen LogP contribution in [0.1, 0.15) is 40.3 Å². The number of nitrogens with one attached hydrogen (secondary N) is 1. The summed E-state index contributed by atoms with van der Waals surface area (Å²) in [5.74, 6) is 1.59. The molecule has 1 aromatic rings. The van der Waals surface area contributed by atoms with Gasteiger partial charge in [-0.05, 0) is 38.8 Å². The number of halogens is 1. The van der Waals surface area contributed by atoms with Gasteiger partial charge in [-0.2, -0.15) is 0 Å². The van der Waals surface area contributed by atoms with E-state index in [9.17, 15) is 0 Å². The highest BCUT2D eigenvalue weighted by molar-refractivity contribution is 6.31. The molecule has 1 heterocycles. The molecule has 3 nitrogen and oxygen atoms in total. The van der Waals surface area contributed by atoms with Gasteiger partial charge in [-0.25, -0.2) is 4.98 Å². The summed E-state index contributed by atoms with van der Waals surface area (Å²) in [6.07, 6.45) is 0. The maximum absolute atomic E-state index is 6.21. The summed E-state index contributed by atoms with van der Waals surface area (Å²) in [5.41, 5.74) is 0.967. The minimum Gasteiger partial charge on any atom is -0.359 e. The van der Waals surface area contributed by atoms with Crippen molar-refractivity contribution in [1.82, 2.24) is 10.3 Å². The van der Waals surface area contributed by atoms with Crippen molar-refractivity contribution < 1.29 is 0 Å². The molecule has 0 saturated heterocycles. The van der Waals surface area contributed by atoms with E-state index in [0.29, 0.717) is 12.5 Å². The van der Waals surface area contributed by atoms with Crippen LogP contribution in [-0.4, -0.2) is 24.1 Å². The topological polar surface area (TPSA) is 28.2 Å². The minimum atomic E-state index is 0.0604. The summed E-state index contributed by atoms with van der Waals surface area (Å²) in [6.45, 7) is 12.5. The van der Waals surface area contributed by atoms with E-state index in [-0.39, 0.29) is 5.54 Å². The highest BCUT2D eigenvalue weighted by Crippen LogP contribution is 2.20. The van der Waals surface area contributed by atoms with Crippen molar-refractivity contribution in [1.29, 1.82) is 0 Å². The third kappa shape index (κ3) is 5.79. The summed E-state index contributed by atoms with van der Waals surface area (Å²) in [6, 6.07) is 3.91. The molecule has 0 saturated carbocycles. The largest absolute Gasteiger partial charge is 0.359 e. The number of rotatable bonds is 5. The molecule has 108 valence electrons. The van der Waals surface area contributed by atoms with Crippen molar-refractivity contribution >= 4 is 17.4 Å². The van der Waals surface area contributed by atoms with Crippen molar-refractivity contribution in [2.75, 3.05) is 18.5 Å². The fourth-order valence-corrected chi connectivity index (χ4v) is 1.97. The van der Waals surface area contributed by atoms with Gasteiger partial charge in [-0.3, -0.25) is 0 Å². The zero-order valence-corrected chi connectivity index (χ0v) is 13.7. The molecule has 0 aliphatic rings. The predicted octanol–water partition coefficient (Wildman–Crippen LogP) is 3.72. The van der Waals surface area contributed by atoms with Gasteiger partial charge in [0.25, 0.3) is 0 Å². The SMILES string of the molecule is CC(C)CN(C)c1ccc(Cl)c(CNC(C)(C)C)n1. The quantitative estimate of drug-likeness (QED) is 0.893. The molecule has 0 fully saturated rings. The van der Waals surface area contributed by atoms with Gasteiger partial charge in [-0.1, -0.05) is 25.4 Å². The van der Waals surface area contributed by atoms with Crippen LogP contribution in [0.2, 0.25) is 5.02 Å². The zero-order chi connectivity index (χ0) is 14.6. The molecule has 0 amide bonds. The Labute approximate surface area is 122 Å². The van der Waals surface area contributed by atoms with Crippen LogP contribution in [0.5, 0.6) is 0 Å². The molecule has 4 heteroatoms. The second-order valence-electron chi connectivity index (χ2n) is 6.48. The van der Waals surface area contributed by atoms with Crippen LogP contribution in [0.25, 0.3) is 0 Å². The predicted molar refractivity (Wildman–Crippen MR) is 83.9 cm³/mol. The normalized spacial score (nSPS) is 12.0. The average Bonchev–Trinajstić information content (AvgIpc) is 2.25. The number of hydrogen-bond donors (Lipinski definition) is 1. The van der Waals surface area contributed by atoms with Crippen LogP contribution in [0, 0.1) is 5.92 Å². The Morgan fingerprint density at radius 1 is 1.32 bits per heavy atom. The van der Waals surface area contributed by atoms with Crippen molar-refractivity contribution in [3.8, 4) is 0 Å². The first-order valence-corrected chi connectivity index (χ1v) is 7.18. The van der Waals surface area contributed by atoms with Gasteiger partial charge < -0.3 is 10.2 Å². The van der Waals surface area contributed by atoms with E-state index < -0.39 is 0 Å². The highest BCUT2D eigenvalue weighted by atomic mass is 35.5. The van der Waals surface area contributed by atoms with Crippen LogP contribution in [-0.2, 0) is 6.54 Å². The number of anilines is 1. The summed E-state index contributed by atoms with van der Waals surface area (Å²) in [4.78, 5) is 6.83. The van der Waals surface area contributed by atoms with Gasteiger partial charge in [0, 0.05) is 25.7 Å². The molecule has 1 N–H and O–H groups in total. The second-order valence-corrected chi connectivity index (χ2v) is 6.88. The fourth-order valence-electron chi connectivity index (χ4n) is 1.80. The van der Waals surface area contributed by atoms with Crippen LogP contribution in [0.15, 0.2) is 12.1 Å². The Kier molecular flexibility index (Phi) is 5.63. The number of nitrogens with zero attached hydrogens (tertiary/aromatic N) is 2. The van der Waals surface area contributed by atoms with Crippen molar-refractivity contribution in [3.63, 3.8) is 0 Å². The van der Waals surface area contributed by atoms with E-state index in [1.54, 1.807) is 0 Å². The molecule has 0 atom stereocenters. The Morgan fingerprint density at radius 3 is 2.47 bits per heavy atom. The molecule has 19 heavy (non-hydrogen) atoms. The lowest BCUT2D eigenvalue weighted by molar-refractivity contribution is 0.421. The molecular formula is C15H26ClN3. The fraction of sp³-hybridized carbons (Fsp3) is 0.667.